The van der Waals surface area contributed by atoms with E-state index in [-0.39, 0.29) is 36.6 Å². The Morgan fingerprint density at radius 3 is 2.55 bits per heavy atom. The van der Waals surface area contributed by atoms with Crippen LogP contribution in [-0.4, -0.2) is 52.0 Å². The summed E-state index contributed by atoms with van der Waals surface area (Å²) in [6.45, 7) is 4.41. The van der Waals surface area contributed by atoms with E-state index in [1.165, 1.54) is 0 Å². The summed E-state index contributed by atoms with van der Waals surface area (Å²) in [6.07, 6.45) is 15.4. The van der Waals surface area contributed by atoms with Gasteiger partial charge in [-0.15, -0.1) is 0 Å². The van der Waals surface area contributed by atoms with Crippen LogP contribution in [0.1, 0.15) is 97.3 Å². The zero-order chi connectivity index (χ0) is 24.5. The average Bonchev–Trinajstić information content (AvgIpc) is 3.05. The van der Waals surface area contributed by atoms with Gasteiger partial charge < -0.3 is 20.1 Å². The van der Waals surface area contributed by atoms with Gasteiger partial charge in [0, 0.05) is 31.1 Å². The molecule has 6 heteroatoms. The molecule has 0 aliphatic heterocycles. The highest BCUT2D eigenvalue weighted by atomic mass is 16.5. The second-order valence-corrected chi connectivity index (χ2v) is 9.27. The molecule has 5 atom stereocenters. The van der Waals surface area contributed by atoms with Crippen LogP contribution in [0.2, 0.25) is 0 Å². The number of allylic oxidation sites excluding steroid dienone is 2. The predicted molar refractivity (Wildman–Crippen MR) is 131 cm³/mol. The van der Waals surface area contributed by atoms with Gasteiger partial charge in [-0.1, -0.05) is 63.8 Å². The van der Waals surface area contributed by atoms with Crippen LogP contribution in [0.15, 0.2) is 24.3 Å². The molecule has 1 aliphatic rings. The van der Waals surface area contributed by atoms with Crippen LogP contribution < -0.4 is 0 Å². The number of carbonyl (C=O) groups excluding carboxylic acids is 2. The maximum atomic E-state index is 12.3. The van der Waals surface area contributed by atoms with Crippen LogP contribution >= 0.6 is 0 Å². The van der Waals surface area contributed by atoms with Gasteiger partial charge in [-0.3, -0.25) is 9.59 Å². The molecular formula is C27H46O6. The summed E-state index contributed by atoms with van der Waals surface area (Å²) in [5, 5.41) is 30.4. The van der Waals surface area contributed by atoms with Crippen LogP contribution in [0.25, 0.3) is 0 Å². The molecule has 1 rings (SSSR count). The van der Waals surface area contributed by atoms with Gasteiger partial charge >= 0.3 is 5.97 Å². The number of aliphatic hydroxyl groups is 3. The van der Waals surface area contributed by atoms with Gasteiger partial charge in [-0.2, -0.15) is 0 Å². The summed E-state index contributed by atoms with van der Waals surface area (Å²) in [6, 6.07) is 0. The van der Waals surface area contributed by atoms with Gasteiger partial charge in [0.2, 0.25) is 0 Å². The Bertz CT molecular complexity index is 599. The average molecular weight is 467 g/mol. The highest BCUT2D eigenvalue weighted by molar-refractivity contribution is 5.84. The number of rotatable bonds is 18. The Hall–Kier alpha value is -1.50. The summed E-state index contributed by atoms with van der Waals surface area (Å²) in [7, 11) is 0. The second-order valence-electron chi connectivity index (χ2n) is 9.27. The fourth-order valence-corrected chi connectivity index (χ4v) is 4.16. The summed E-state index contributed by atoms with van der Waals surface area (Å²) in [5.41, 5.74) is 0. The molecule has 3 N–H and O–H groups in total. The first-order valence-electron chi connectivity index (χ1n) is 12.9. The number of esters is 1. The van der Waals surface area contributed by atoms with E-state index in [4.69, 9.17) is 4.74 Å². The normalized spacial score (nSPS) is 22.9. The quantitative estimate of drug-likeness (QED) is 0.154. The van der Waals surface area contributed by atoms with Crippen molar-refractivity contribution in [2.45, 2.75) is 116 Å². The first-order chi connectivity index (χ1) is 15.9. The molecule has 33 heavy (non-hydrogen) atoms. The number of ketones is 1. The number of carbonyl (C=O) groups is 2. The Balaban J connectivity index is 2.28. The van der Waals surface area contributed by atoms with Crippen molar-refractivity contribution in [1.82, 2.24) is 0 Å². The van der Waals surface area contributed by atoms with E-state index in [0.717, 1.165) is 44.9 Å². The number of hydrogen-bond acceptors (Lipinski definition) is 6. The molecule has 6 nitrogen and oxygen atoms in total. The zero-order valence-corrected chi connectivity index (χ0v) is 20.7. The number of aliphatic hydroxyl groups excluding tert-OH is 3. The fraction of sp³-hybridized carbons (Fsp3) is 0.778. The minimum Gasteiger partial charge on any atom is -0.466 e. The van der Waals surface area contributed by atoms with Crippen molar-refractivity contribution in [3.8, 4) is 0 Å². The van der Waals surface area contributed by atoms with E-state index in [2.05, 4.69) is 6.92 Å². The Kier molecular flexibility index (Phi) is 16.0. The molecule has 0 saturated heterocycles. The van der Waals surface area contributed by atoms with Gasteiger partial charge in [-0.25, -0.2) is 0 Å². The summed E-state index contributed by atoms with van der Waals surface area (Å²) < 4.78 is 5.12. The Morgan fingerprint density at radius 1 is 1.06 bits per heavy atom. The van der Waals surface area contributed by atoms with E-state index in [1.54, 1.807) is 6.08 Å². The van der Waals surface area contributed by atoms with Gasteiger partial charge in [0.15, 0.2) is 0 Å². The monoisotopic (exact) mass is 466 g/mol. The van der Waals surface area contributed by atoms with Crippen molar-refractivity contribution in [1.29, 1.82) is 0 Å². The zero-order valence-electron chi connectivity index (χ0n) is 20.7. The van der Waals surface area contributed by atoms with Crippen LogP contribution in [0.3, 0.4) is 0 Å². The molecular weight excluding hydrogens is 420 g/mol. The molecule has 0 aromatic heterocycles. The van der Waals surface area contributed by atoms with Crippen molar-refractivity contribution in [2.75, 3.05) is 6.61 Å². The molecule has 1 fully saturated rings. The molecule has 0 aromatic rings. The highest BCUT2D eigenvalue weighted by Gasteiger charge is 2.39. The van der Waals surface area contributed by atoms with Crippen LogP contribution in [0, 0.1) is 11.8 Å². The molecule has 0 heterocycles. The maximum Gasteiger partial charge on any atom is 0.305 e. The van der Waals surface area contributed by atoms with E-state index in [0.29, 0.717) is 32.1 Å². The number of Topliss-reactive ketones (excluding diaryl/α,β-unsaturated/α-hetero) is 1. The van der Waals surface area contributed by atoms with Crippen molar-refractivity contribution >= 4 is 11.8 Å². The highest BCUT2D eigenvalue weighted by Crippen LogP contribution is 2.33. The molecule has 1 unspecified atom stereocenters. The minimum atomic E-state index is -0.679. The third kappa shape index (κ3) is 13.1. The van der Waals surface area contributed by atoms with Gasteiger partial charge in [0.1, 0.15) is 5.78 Å². The van der Waals surface area contributed by atoms with Gasteiger partial charge in [-0.05, 0) is 38.5 Å². The molecule has 0 aromatic carbocycles. The van der Waals surface area contributed by atoms with Crippen LogP contribution in [-0.2, 0) is 14.3 Å². The van der Waals surface area contributed by atoms with Crippen molar-refractivity contribution in [2.24, 2.45) is 11.8 Å². The first kappa shape index (κ1) is 29.5. The lowest BCUT2D eigenvalue weighted by Crippen LogP contribution is -2.18. The number of hydrogen-bond donors (Lipinski definition) is 3. The lowest BCUT2D eigenvalue weighted by atomic mass is 9.90. The largest absolute Gasteiger partial charge is 0.466 e. The fourth-order valence-electron chi connectivity index (χ4n) is 4.16. The standard InChI is InChI=1S/C27H46O6/c1-3-5-9-12-21(28)16-17-24-23(25(30)20-26(24)31)14-11-8-7-10-13-22(29)18-19-33-27(32)15-6-4-2/h8,11,16-17,21-24,26,28-29,31H,3-7,9-10,12-15,18-20H2,1-2H3/b11-8-,17-16+/t21-,22+,23?,24+,26+/m0/s1. The van der Waals surface area contributed by atoms with Crippen molar-refractivity contribution < 1.29 is 29.6 Å². The topological polar surface area (TPSA) is 104 Å². The van der Waals surface area contributed by atoms with E-state index < -0.39 is 18.3 Å². The minimum absolute atomic E-state index is 0.0752. The van der Waals surface area contributed by atoms with Crippen molar-refractivity contribution in [3.63, 3.8) is 0 Å². The third-order valence-electron chi connectivity index (χ3n) is 6.31. The summed E-state index contributed by atoms with van der Waals surface area (Å²) in [5.74, 6) is -0.614. The number of ether oxygens (including phenoxy) is 1. The maximum absolute atomic E-state index is 12.3. The van der Waals surface area contributed by atoms with Gasteiger partial charge in [0.05, 0.1) is 24.9 Å². The van der Waals surface area contributed by atoms with Crippen molar-refractivity contribution in [3.05, 3.63) is 24.3 Å². The first-order valence-corrected chi connectivity index (χ1v) is 12.9. The molecule has 0 radical (unpaired) electrons. The van der Waals surface area contributed by atoms with E-state index in [9.17, 15) is 24.9 Å². The van der Waals surface area contributed by atoms with Crippen LogP contribution in [0.5, 0.6) is 0 Å². The smallest absolute Gasteiger partial charge is 0.305 e. The molecule has 1 aliphatic carbocycles. The number of unbranched alkanes of at least 4 members (excludes halogenated alkanes) is 4. The lowest BCUT2D eigenvalue weighted by Gasteiger charge is -2.16. The van der Waals surface area contributed by atoms with E-state index >= 15 is 0 Å². The van der Waals surface area contributed by atoms with Crippen LogP contribution in [0.4, 0.5) is 0 Å². The molecule has 0 spiro atoms. The SMILES string of the molecule is CCCCC[C@H](O)/C=C/[C@@H]1C(C/C=C\CCC[C@@H](O)CCOC(=O)CCCC)C(=O)C[C@H]1O. The third-order valence-corrected chi connectivity index (χ3v) is 6.31. The van der Waals surface area contributed by atoms with E-state index in [1.807, 2.05) is 25.2 Å². The lowest BCUT2D eigenvalue weighted by molar-refractivity contribution is -0.144. The Morgan fingerprint density at radius 2 is 1.82 bits per heavy atom. The second kappa shape index (κ2) is 17.9. The molecule has 0 amide bonds. The summed E-state index contributed by atoms with van der Waals surface area (Å²) in [4.78, 5) is 23.8. The molecule has 0 bridgehead atoms. The Labute approximate surface area is 200 Å². The molecule has 190 valence electrons. The predicted octanol–water partition coefficient (Wildman–Crippen LogP) is 4.65. The summed E-state index contributed by atoms with van der Waals surface area (Å²) >= 11 is 0. The molecule has 1 saturated carbocycles. The van der Waals surface area contributed by atoms with Gasteiger partial charge in [0.25, 0.3) is 0 Å².